The van der Waals surface area contributed by atoms with Gasteiger partial charge in [0.1, 0.15) is 11.2 Å². The van der Waals surface area contributed by atoms with Crippen LogP contribution >= 0.6 is 0 Å². The van der Waals surface area contributed by atoms with Gasteiger partial charge in [-0.15, -0.1) is 0 Å². The van der Waals surface area contributed by atoms with Crippen molar-refractivity contribution >= 4 is 21.9 Å². The number of rotatable bonds is 9. The van der Waals surface area contributed by atoms with Crippen LogP contribution in [-0.4, -0.2) is 19.9 Å². The van der Waals surface area contributed by atoms with Gasteiger partial charge in [-0.2, -0.15) is 0 Å². The molecule has 12 aromatic rings. The van der Waals surface area contributed by atoms with Gasteiger partial charge in [-0.25, -0.2) is 19.9 Å². The summed E-state index contributed by atoms with van der Waals surface area (Å²) in [5.41, 5.74) is 16.9. The minimum absolute atomic E-state index is 0.586. The number of aromatic nitrogens is 4. The average Bonchev–Trinajstić information content (AvgIpc) is 3.81. The number of para-hydroxylation sites is 2. The van der Waals surface area contributed by atoms with E-state index in [1.54, 1.807) is 0 Å². The first-order chi connectivity index (χ1) is 33.2. The van der Waals surface area contributed by atoms with Crippen LogP contribution in [0, 0.1) is 0 Å². The van der Waals surface area contributed by atoms with Crippen LogP contribution in [0.25, 0.3) is 123 Å². The van der Waals surface area contributed by atoms with Crippen molar-refractivity contribution in [1.82, 2.24) is 19.9 Å². The smallest absolute Gasteiger partial charge is 0.164 e. The number of hydrogen-bond donors (Lipinski definition) is 0. The zero-order valence-corrected chi connectivity index (χ0v) is 36.3. The highest BCUT2D eigenvalue weighted by Crippen LogP contribution is 2.49. The van der Waals surface area contributed by atoms with E-state index in [-0.39, 0.29) is 0 Å². The predicted octanol–water partition coefficient (Wildman–Crippen LogP) is 16.2. The highest BCUT2D eigenvalue weighted by molar-refractivity contribution is 6.09. The Balaban J connectivity index is 1.02. The van der Waals surface area contributed by atoms with Gasteiger partial charge in [0, 0.05) is 60.8 Å². The third-order valence-corrected chi connectivity index (χ3v) is 12.4. The molecule has 0 fully saturated rings. The SMILES string of the molecule is c1ccc(-c2nc(-c3ccc(-c4c(-c5ccccc5)c(-c5ccccc5)nc(-c5ccccc5)c4-c4ccccc4)cc3)nc(-c3ccc(-c4cccc5c4oc4ccccc45)cc3)n2)cc1. The topological polar surface area (TPSA) is 64.7 Å². The minimum atomic E-state index is 0.586. The van der Waals surface area contributed by atoms with Crippen molar-refractivity contribution in [2.75, 3.05) is 0 Å². The summed E-state index contributed by atoms with van der Waals surface area (Å²) in [6.07, 6.45) is 0. The first-order valence-corrected chi connectivity index (χ1v) is 22.5. The van der Waals surface area contributed by atoms with Gasteiger partial charge in [0.15, 0.2) is 17.5 Å². The standard InChI is InChI=1S/C62H40N4O/c1-6-19-42(20-7-1)55-54(56(43-21-8-2-9-22-43)58(46-25-12-4-13-26-46)63-57(55)45-23-10-3-11-24-45)44-35-39-49(40-36-44)62-65-60(47-27-14-5-15-28-47)64-61(66-62)48-37-33-41(34-38-48)50-30-18-31-52-51-29-16-17-32-53(51)67-59(50)52/h1-40H. The van der Waals surface area contributed by atoms with E-state index in [4.69, 9.17) is 24.4 Å². The summed E-state index contributed by atoms with van der Waals surface area (Å²) < 4.78 is 6.39. The fraction of sp³-hybridized carbons (Fsp3) is 0. The lowest BCUT2D eigenvalue weighted by Crippen LogP contribution is -2.02. The normalized spacial score (nSPS) is 11.3. The molecule has 0 atom stereocenters. The fourth-order valence-corrected chi connectivity index (χ4v) is 9.17. The molecule has 5 heteroatoms. The zero-order chi connectivity index (χ0) is 44.5. The first kappa shape index (κ1) is 39.5. The largest absolute Gasteiger partial charge is 0.455 e. The molecule has 314 valence electrons. The molecule has 0 bridgehead atoms. The molecule has 3 heterocycles. The lowest BCUT2D eigenvalue weighted by atomic mass is 9.83. The second-order valence-corrected chi connectivity index (χ2v) is 16.5. The molecular weight excluding hydrogens is 817 g/mol. The van der Waals surface area contributed by atoms with Crippen molar-refractivity contribution in [1.29, 1.82) is 0 Å². The molecule has 0 amide bonds. The Morgan fingerprint density at radius 3 is 1.09 bits per heavy atom. The van der Waals surface area contributed by atoms with Crippen molar-refractivity contribution in [3.05, 3.63) is 243 Å². The Kier molecular flexibility index (Phi) is 10.1. The first-order valence-electron chi connectivity index (χ1n) is 22.5. The van der Waals surface area contributed by atoms with E-state index >= 15 is 0 Å². The number of furan rings is 1. The van der Waals surface area contributed by atoms with Gasteiger partial charge < -0.3 is 4.42 Å². The molecule has 0 saturated carbocycles. The fourth-order valence-electron chi connectivity index (χ4n) is 9.17. The molecule has 0 N–H and O–H groups in total. The Hall–Kier alpha value is -9.06. The summed E-state index contributed by atoms with van der Waals surface area (Å²) in [5, 5.41) is 2.21. The summed E-state index contributed by atoms with van der Waals surface area (Å²) in [4.78, 5) is 21.0. The molecule has 0 radical (unpaired) electrons. The quantitative estimate of drug-likeness (QED) is 0.145. The van der Waals surface area contributed by atoms with Crippen molar-refractivity contribution in [2.24, 2.45) is 0 Å². The number of benzene rings is 9. The van der Waals surface area contributed by atoms with Crippen molar-refractivity contribution < 1.29 is 4.42 Å². The van der Waals surface area contributed by atoms with Crippen LogP contribution in [0.3, 0.4) is 0 Å². The predicted molar refractivity (Wildman–Crippen MR) is 274 cm³/mol. The van der Waals surface area contributed by atoms with E-state index in [2.05, 4.69) is 194 Å². The van der Waals surface area contributed by atoms with E-state index in [1.165, 1.54) is 0 Å². The molecule has 0 aliphatic heterocycles. The molecule has 0 unspecified atom stereocenters. The second-order valence-electron chi connectivity index (χ2n) is 16.5. The van der Waals surface area contributed by atoms with E-state index < -0.39 is 0 Å². The summed E-state index contributed by atoms with van der Waals surface area (Å²) >= 11 is 0. The Morgan fingerprint density at radius 2 is 0.597 bits per heavy atom. The highest BCUT2D eigenvalue weighted by atomic mass is 16.3. The van der Waals surface area contributed by atoms with Crippen LogP contribution in [0.15, 0.2) is 247 Å². The molecule has 0 aliphatic rings. The molecule has 0 saturated heterocycles. The monoisotopic (exact) mass is 856 g/mol. The summed E-state index contributed by atoms with van der Waals surface area (Å²) in [6.45, 7) is 0. The van der Waals surface area contributed by atoms with Crippen molar-refractivity contribution in [2.45, 2.75) is 0 Å². The Morgan fingerprint density at radius 1 is 0.239 bits per heavy atom. The van der Waals surface area contributed by atoms with E-state index in [0.29, 0.717) is 17.5 Å². The summed E-state index contributed by atoms with van der Waals surface area (Å²) in [5.74, 6) is 1.78. The summed E-state index contributed by atoms with van der Waals surface area (Å²) in [6, 6.07) is 84.0. The van der Waals surface area contributed by atoms with Gasteiger partial charge in [-0.05, 0) is 28.3 Å². The third kappa shape index (κ3) is 7.44. The van der Waals surface area contributed by atoms with Crippen LogP contribution in [-0.2, 0) is 0 Å². The number of nitrogens with zero attached hydrogens (tertiary/aromatic N) is 4. The molecule has 67 heavy (non-hydrogen) atoms. The van der Waals surface area contributed by atoms with Gasteiger partial charge in [-0.3, -0.25) is 0 Å². The lowest BCUT2D eigenvalue weighted by molar-refractivity contribution is 0.670. The molecule has 9 aromatic carbocycles. The van der Waals surface area contributed by atoms with Crippen LogP contribution < -0.4 is 0 Å². The van der Waals surface area contributed by atoms with Crippen molar-refractivity contribution in [3.8, 4) is 101 Å². The maximum atomic E-state index is 6.39. The average molecular weight is 857 g/mol. The van der Waals surface area contributed by atoms with Crippen LogP contribution in [0.4, 0.5) is 0 Å². The van der Waals surface area contributed by atoms with E-state index in [1.807, 2.05) is 48.5 Å². The molecular formula is C62H40N4O. The lowest BCUT2D eigenvalue weighted by Gasteiger charge is -2.23. The van der Waals surface area contributed by atoms with E-state index in [9.17, 15) is 0 Å². The van der Waals surface area contributed by atoms with Crippen LogP contribution in [0.2, 0.25) is 0 Å². The van der Waals surface area contributed by atoms with E-state index in [0.717, 1.165) is 106 Å². The molecule has 0 aliphatic carbocycles. The van der Waals surface area contributed by atoms with Crippen molar-refractivity contribution in [3.63, 3.8) is 0 Å². The number of fused-ring (bicyclic) bond motifs is 3. The van der Waals surface area contributed by atoms with Crippen LogP contribution in [0.1, 0.15) is 0 Å². The van der Waals surface area contributed by atoms with Gasteiger partial charge in [0.05, 0.1) is 11.4 Å². The second kappa shape index (κ2) is 17.1. The van der Waals surface area contributed by atoms with Crippen LogP contribution in [0.5, 0.6) is 0 Å². The molecule has 12 rings (SSSR count). The number of hydrogen-bond acceptors (Lipinski definition) is 5. The Labute approximate surface area is 388 Å². The zero-order valence-electron chi connectivity index (χ0n) is 36.3. The minimum Gasteiger partial charge on any atom is -0.455 e. The molecule has 0 spiro atoms. The van der Waals surface area contributed by atoms with Gasteiger partial charge in [0.2, 0.25) is 0 Å². The third-order valence-electron chi connectivity index (χ3n) is 12.4. The highest BCUT2D eigenvalue weighted by Gasteiger charge is 2.25. The molecule has 5 nitrogen and oxygen atoms in total. The Bertz CT molecular complexity index is 3590. The summed E-state index contributed by atoms with van der Waals surface area (Å²) in [7, 11) is 0. The maximum Gasteiger partial charge on any atom is 0.164 e. The maximum absolute atomic E-state index is 6.39. The van der Waals surface area contributed by atoms with Gasteiger partial charge in [-0.1, -0.05) is 237 Å². The van der Waals surface area contributed by atoms with Gasteiger partial charge in [0.25, 0.3) is 0 Å². The molecule has 3 aromatic heterocycles. The van der Waals surface area contributed by atoms with Gasteiger partial charge >= 0.3 is 0 Å². The number of pyridine rings is 1.